The number of hydrogen-bond donors (Lipinski definition) is 0. The summed E-state index contributed by atoms with van der Waals surface area (Å²) >= 11 is 0. The van der Waals surface area contributed by atoms with Gasteiger partial charge in [0.05, 0.1) is 27.6 Å². The third-order valence-corrected chi connectivity index (χ3v) is 8.24. The Hall–Kier alpha value is -5.41. The Labute approximate surface area is 257 Å². The third kappa shape index (κ3) is 4.32. The molecule has 44 heavy (non-hydrogen) atoms. The Morgan fingerprint density at radius 3 is 1.98 bits per heavy atom. The van der Waals surface area contributed by atoms with Crippen molar-refractivity contribution in [3.8, 4) is 0 Å². The predicted octanol–water partition coefficient (Wildman–Crippen LogP) is 11.4. The summed E-state index contributed by atoms with van der Waals surface area (Å²) in [6.07, 6.45) is 7.61. The lowest BCUT2D eigenvalue weighted by Crippen LogP contribution is -1.96. The van der Waals surface area contributed by atoms with E-state index >= 15 is 0 Å². The van der Waals surface area contributed by atoms with Crippen molar-refractivity contribution < 1.29 is 0 Å². The van der Waals surface area contributed by atoms with Gasteiger partial charge >= 0.3 is 0 Å². The molecule has 214 valence electrons. The van der Waals surface area contributed by atoms with Crippen LogP contribution in [-0.4, -0.2) is 14.0 Å². The highest BCUT2D eigenvalue weighted by atomic mass is 15.0. The van der Waals surface area contributed by atoms with Gasteiger partial charge in [-0.25, -0.2) is 4.98 Å². The molecule has 3 heteroatoms. The van der Waals surface area contributed by atoms with Crippen molar-refractivity contribution in [1.29, 1.82) is 0 Å². The minimum atomic E-state index is 0.985. The van der Waals surface area contributed by atoms with Gasteiger partial charge in [0.2, 0.25) is 0 Å². The van der Waals surface area contributed by atoms with Crippen molar-refractivity contribution in [3.05, 3.63) is 146 Å². The van der Waals surface area contributed by atoms with E-state index in [-0.39, 0.29) is 0 Å². The SMILES string of the molecule is C=C/C(=C\C(=C/C)c1ccccc1)n1c2ccccc2c2cc3c(cc21)c1ccccc1n1c2ccccc2nc31.CCC. The number of benzene rings is 5. The number of rotatable bonds is 4. The van der Waals surface area contributed by atoms with Gasteiger partial charge in [-0.3, -0.25) is 4.40 Å². The van der Waals surface area contributed by atoms with Crippen LogP contribution < -0.4 is 0 Å². The first-order valence-corrected chi connectivity index (χ1v) is 15.4. The Morgan fingerprint density at radius 1 is 0.659 bits per heavy atom. The first-order chi connectivity index (χ1) is 21.7. The summed E-state index contributed by atoms with van der Waals surface area (Å²) in [6, 6.07) is 40.9. The molecule has 0 saturated heterocycles. The van der Waals surface area contributed by atoms with Crippen LogP contribution in [0.2, 0.25) is 0 Å². The summed E-state index contributed by atoms with van der Waals surface area (Å²) in [4.78, 5) is 5.14. The number of imidazole rings is 1. The summed E-state index contributed by atoms with van der Waals surface area (Å²) in [5.74, 6) is 0. The highest BCUT2D eigenvalue weighted by Crippen LogP contribution is 2.39. The maximum atomic E-state index is 5.14. The molecule has 5 aromatic carbocycles. The van der Waals surface area contributed by atoms with E-state index in [2.05, 4.69) is 164 Å². The Morgan fingerprint density at radius 2 is 1.27 bits per heavy atom. The molecule has 8 aromatic rings. The largest absolute Gasteiger partial charge is 0.309 e. The Balaban J connectivity index is 0.00000100. The smallest absolute Gasteiger partial charge is 0.146 e. The number of hydrogen-bond acceptors (Lipinski definition) is 1. The summed E-state index contributed by atoms with van der Waals surface area (Å²) in [5, 5.41) is 5.96. The lowest BCUT2D eigenvalue weighted by molar-refractivity contribution is 1.09. The molecule has 0 spiro atoms. The Kier molecular flexibility index (Phi) is 7.07. The number of para-hydroxylation sites is 4. The minimum absolute atomic E-state index is 0.985. The average molecular weight is 570 g/mol. The van der Waals surface area contributed by atoms with Gasteiger partial charge in [-0.15, -0.1) is 0 Å². The molecule has 3 nitrogen and oxygen atoms in total. The molecule has 0 saturated carbocycles. The van der Waals surface area contributed by atoms with Crippen LogP contribution in [0.4, 0.5) is 0 Å². The molecule has 8 rings (SSSR count). The van der Waals surface area contributed by atoms with E-state index in [1.54, 1.807) is 0 Å². The van der Waals surface area contributed by atoms with Crippen LogP contribution in [0.25, 0.3) is 71.4 Å². The highest BCUT2D eigenvalue weighted by molar-refractivity contribution is 6.22. The average Bonchev–Trinajstić information content (AvgIpc) is 3.62. The van der Waals surface area contributed by atoms with Gasteiger partial charge in [-0.05, 0) is 72.0 Å². The van der Waals surface area contributed by atoms with Crippen LogP contribution in [-0.2, 0) is 0 Å². The van der Waals surface area contributed by atoms with Gasteiger partial charge in [-0.1, -0.05) is 112 Å². The lowest BCUT2D eigenvalue weighted by Gasteiger charge is -2.13. The van der Waals surface area contributed by atoms with E-state index < -0.39 is 0 Å². The van der Waals surface area contributed by atoms with Crippen LogP contribution in [0.1, 0.15) is 32.8 Å². The highest BCUT2D eigenvalue weighted by Gasteiger charge is 2.18. The molecule has 3 heterocycles. The fourth-order valence-corrected chi connectivity index (χ4v) is 6.39. The van der Waals surface area contributed by atoms with Gasteiger partial charge < -0.3 is 4.57 Å². The second-order valence-corrected chi connectivity index (χ2v) is 11.1. The molecule has 0 unspecified atom stereocenters. The first-order valence-electron chi connectivity index (χ1n) is 15.4. The molecule has 0 atom stereocenters. The van der Waals surface area contributed by atoms with E-state index in [1.807, 2.05) is 6.08 Å². The van der Waals surface area contributed by atoms with E-state index in [1.165, 1.54) is 33.5 Å². The van der Waals surface area contributed by atoms with Gasteiger partial charge in [0, 0.05) is 27.2 Å². The van der Waals surface area contributed by atoms with E-state index in [4.69, 9.17) is 4.98 Å². The molecule has 3 aromatic heterocycles. The zero-order valence-electron chi connectivity index (χ0n) is 25.5. The fourth-order valence-electron chi connectivity index (χ4n) is 6.39. The monoisotopic (exact) mass is 569 g/mol. The van der Waals surface area contributed by atoms with Crippen LogP contribution >= 0.6 is 0 Å². The quantitative estimate of drug-likeness (QED) is 0.153. The van der Waals surface area contributed by atoms with Gasteiger partial charge in [0.15, 0.2) is 0 Å². The van der Waals surface area contributed by atoms with Crippen molar-refractivity contribution in [2.24, 2.45) is 0 Å². The van der Waals surface area contributed by atoms with Crippen LogP contribution in [0.5, 0.6) is 0 Å². The van der Waals surface area contributed by atoms with Crippen molar-refractivity contribution in [1.82, 2.24) is 14.0 Å². The van der Waals surface area contributed by atoms with Gasteiger partial charge in [0.1, 0.15) is 5.65 Å². The van der Waals surface area contributed by atoms with Crippen molar-refractivity contribution >= 4 is 71.4 Å². The molecular weight excluding hydrogens is 534 g/mol. The maximum absolute atomic E-state index is 5.14. The normalized spacial score (nSPS) is 12.4. The lowest BCUT2D eigenvalue weighted by atomic mass is 10.0. The second-order valence-electron chi connectivity index (χ2n) is 11.1. The van der Waals surface area contributed by atoms with E-state index in [0.717, 1.165) is 49.9 Å². The molecule has 0 aliphatic rings. The molecule has 0 fully saturated rings. The minimum Gasteiger partial charge on any atom is -0.309 e. The molecule has 0 radical (unpaired) electrons. The zero-order chi connectivity index (χ0) is 30.2. The summed E-state index contributed by atoms with van der Waals surface area (Å²) in [6.45, 7) is 10.6. The van der Waals surface area contributed by atoms with Crippen LogP contribution in [0.3, 0.4) is 0 Å². The molecule has 0 aliphatic heterocycles. The second kappa shape index (κ2) is 11.3. The van der Waals surface area contributed by atoms with Gasteiger partial charge in [0.25, 0.3) is 0 Å². The van der Waals surface area contributed by atoms with Crippen molar-refractivity contribution in [2.75, 3.05) is 0 Å². The predicted molar refractivity (Wildman–Crippen MR) is 191 cm³/mol. The number of nitrogens with zero attached hydrogens (tertiary/aromatic N) is 3. The van der Waals surface area contributed by atoms with Crippen molar-refractivity contribution in [3.63, 3.8) is 0 Å². The molecule has 0 bridgehead atoms. The van der Waals surface area contributed by atoms with Crippen molar-refractivity contribution in [2.45, 2.75) is 27.2 Å². The molecule has 0 aliphatic carbocycles. The third-order valence-electron chi connectivity index (χ3n) is 8.24. The standard InChI is InChI=1S/C38H27N3.C3H8/c1-3-25(26-14-6-5-7-15-26)22-27(4-2)40-34-19-11-9-17-29(34)31-23-32-30(24-37(31)40)28-16-8-12-20-35(28)41-36-21-13-10-18-33(36)39-38(32)41;1-3-2/h3-24H,2H2,1H3;3H2,1-2H3/b25-3+,27-22+;. The maximum Gasteiger partial charge on any atom is 0.146 e. The molecular formula is C41H35N3. The molecule has 0 amide bonds. The van der Waals surface area contributed by atoms with Crippen LogP contribution in [0, 0.1) is 0 Å². The fraction of sp³-hybridized carbons (Fsp3) is 0.0976. The Bertz CT molecular complexity index is 2400. The molecule has 0 N–H and O–H groups in total. The topological polar surface area (TPSA) is 22.2 Å². The van der Waals surface area contributed by atoms with E-state index in [0.29, 0.717) is 0 Å². The number of fused-ring (bicyclic) bond motifs is 11. The number of aromatic nitrogens is 3. The number of pyridine rings is 1. The van der Waals surface area contributed by atoms with Crippen LogP contribution in [0.15, 0.2) is 140 Å². The van der Waals surface area contributed by atoms with E-state index in [9.17, 15) is 0 Å². The van der Waals surface area contributed by atoms with Gasteiger partial charge in [-0.2, -0.15) is 0 Å². The number of allylic oxidation sites excluding steroid dienone is 5. The zero-order valence-corrected chi connectivity index (χ0v) is 25.5. The summed E-state index contributed by atoms with van der Waals surface area (Å²) in [7, 11) is 0. The summed E-state index contributed by atoms with van der Waals surface area (Å²) in [5.41, 5.74) is 9.95. The summed E-state index contributed by atoms with van der Waals surface area (Å²) < 4.78 is 4.66. The first kappa shape index (κ1) is 27.4.